The van der Waals surface area contributed by atoms with Crippen molar-refractivity contribution in [1.29, 1.82) is 0 Å². The first-order valence-corrected chi connectivity index (χ1v) is 8.52. The van der Waals surface area contributed by atoms with E-state index in [1.54, 1.807) is 18.3 Å². The molecule has 0 aromatic heterocycles. The first-order valence-electron chi connectivity index (χ1n) is 7.73. The molecule has 1 aliphatic heterocycles. The molecule has 1 heterocycles. The number of rotatable bonds is 4. The summed E-state index contributed by atoms with van der Waals surface area (Å²) in [6, 6.07) is 13.1. The highest BCUT2D eigenvalue weighted by atomic mass is 79.9. The zero-order valence-electron chi connectivity index (χ0n) is 13.9. The average molecular weight is 404 g/mol. The normalized spacial score (nSPS) is 15.9. The fourth-order valence-electron chi connectivity index (χ4n) is 2.36. The number of hydrogen-bond donors (Lipinski definition) is 1. The third-order valence-electron chi connectivity index (χ3n) is 3.64. The number of para-hydroxylation sites is 2. The van der Waals surface area contributed by atoms with E-state index in [2.05, 4.69) is 26.5 Å². The van der Waals surface area contributed by atoms with Crippen LogP contribution < -0.4 is 19.8 Å². The molecule has 0 bridgehead atoms. The number of nitrogens with one attached hydrogen (secondary N) is 1. The number of carbonyl (C=O) groups excluding carboxylic acids is 1. The van der Waals surface area contributed by atoms with Gasteiger partial charge in [0, 0.05) is 18.6 Å². The van der Waals surface area contributed by atoms with Crippen LogP contribution in [0.5, 0.6) is 11.5 Å². The molecule has 2 aromatic rings. The van der Waals surface area contributed by atoms with Gasteiger partial charge in [-0.3, -0.25) is 4.79 Å². The van der Waals surface area contributed by atoms with Crippen molar-refractivity contribution in [1.82, 2.24) is 5.43 Å². The number of carbonyl (C=O) groups is 1. The lowest BCUT2D eigenvalue weighted by Gasteiger charge is -2.24. The molecule has 0 fully saturated rings. The standard InChI is InChI=1S/C18H18BrN3O3/c1-22(2)14-8-7-12(9-13(14)19)10-20-21-18(23)17-11-24-15-5-3-4-6-16(15)25-17/h3-10,17H,11H2,1-2H3,(H,21,23)/t17-/m0/s1. The van der Waals surface area contributed by atoms with Crippen molar-refractivity contribution in [3.63, 3.8) is 0 Å². The van der Waals surface area contributed by atoms with Crippen LogP contribution in [-0.2, 0) is 4.79 Å². The molecule has 3 rings (SSSR count). The number of benzene rings is 2. The van der Waals surface area contributed by atoms with Crippen molar-refractivity contribution in [3.8, 4) is 11.5 Å². The Morgan fingerprint density at radius 1 is 1.28 bits per heavy atom. The molecule has 2 aromatic carbocycles. The van der Waals surface area contributed by atoms with Crippen LogP contribution in [0.2, 0.25) is 0 Å². The molecule has 1 amide bonds. The minimum atomic E-state index is -0.727. The molecular formula is C18H18BrN3O3. The molecule has 1 atom stereocenters. The van der Waals surface area contributed by atoms with Gasteiger partial charge < -0.3 is 14.4 Å². The average Bonchev–Trinajstić information content (AvgIpc) is 2.61. The van der Waals surface area contributed by atoms with Crippen LogP contribution in [0.4, 0.5) is 5.69 Å². The number of hydrogen-bond acceptors (Lipinski definition) is 5. The molecular weight excluding hydrogens is 386 g/mol. The van der Waals surface area contributed by atoms with E-state index in [-0.39, 0.29) is 12.5 Å². The summed E-state index contributed by atoms with van der Waals surface area (Å²) < 4.78 is 12.1. The summed E-state index contributed by atoms with van der Waals surface area (Å²) in [5, 5.41) is 3.99. The topological polar surface area (TPSA) is 63.2 Å². The number of fused-ring (bicyclic) bond motifs is 1. The van der Waals surface area contributed by atoms with E-state index >= 15 is 0 Å². The van der Waals surface area contributed by atoms with E-state index < -0.39 is 6.10 Å². The summed E-state index contributed by atoms with van der Waals surface area (Å²) in [6.07, 6.45) is 0.856. The summed E-state index contributed by atoms with van der Waals surface area (Å²) >= 11 is 3.52. The van der Waals surface area contributed by atoms with Crippen LogP contribution in [-0.4, -0.2) is 38.9 Å². The van der Waals surface area contributed by atoms with Crippen molar-refractivity contribution < 1.29 is 14.3 Å². The molecule has 1 N–H and O–H groups in total. The molecule has 0 aliphatic carbocycles. The van der Waals surface area contributed by atoms with E-state index in [0.29, 0.717) is 11.5 Å². The summed E-state index contributed by atoms with van der Waals surface area (Å²) in [4.78, 5) is 14.2. The largest absolute Gasteiger partial charge is 0.485 e. The number of amides is 1. The Morgan fingerprint density at radius 3 is 2.76 bits per heavy atom. The van der Waals surface area contributed by atoms with Crippen LogP contribution in [0, 0.1) is 0 Å². The SMILES string of the molecule is CN(C)c1ccc(C=NNC(=O)[C@@H]2COc3ccccc3O2)cc1Br. The van der Waals surface area contributed by atoms with E-state index in [1.807, 2.05) is 49.3 Å². The lowest BCUT2D eigenvalue weighted by molar-refractivity contribution is -0.130. The van der Waals surface area contributed by atoms with Gasteiger partial charge in [0.2, 0.25) is 6.10 Å². The Bertz CT molecular complexity index is 808. The minimum Gasteiger partial charge on any atom is -0.485 e. The van der Waals surface area contributed by atoms with Crippen molar-refractivity contribution in [3.05, 3.63) is 52.5 Å². The quantitative estimate of drug-likeness (QED) is 0.629. The highest BCUT2D eigenvalue weighted by molar-refractivity contribution is 9.10. The predicted octanol–water partition coefficient (Wildman–Crippen LogP) is 2.81. The maximum atomic E-state index is 12.2. The van der Waals surface area contributed by atoms with Gasteiger partial charge >= 0.3 is 0 Å². The summed E-state index contributed by atoms with van der Waals surface area (Å²) in [7, 11) is 3.94. The van der Waals surface area contributed by atoms with Crippen LogP contribution in [0.1, 0.15) is 5.56 Å². The van der Waals surface area contributed by atoms with Crippen LogP contribution in [0.3, 0.4) is 0 Å². The Labute approximate surface area is 154 Å². The van der Waals surface area contributed by atoms with Gasteiger partial charge in [0.25, 0.3) is 5.91 Å². The fourth-order valence-corrected chi connectivity index (χ4v) is 3.11. The van der Waals surface area contributed by atoms with Crippen LogP contribution in [0.15, 0.2) is 52.0 Å². The number of anilines is 1. The second kappa shape index (κ2) is 7.57. The second-order valence-corrected chi connectivity index (χ2v) is 6.56. The maximum absolute atomic E-state index is 12.2. The molecule has 130 valence electrons. The molecule has 0 spiro atoms. The van der Waals surface area contributed by atoms with E-state index in [0.717, 1.165) is 15.7 Å². The summed E-state index contributed by atoms with van der Waals surface area (Å²) in [5.41, 5.74) is 4.42. The van der Waals surface area contributed by atoms with Gasteiger partial charge in [0.05, 0.1) is 11.9 Å². The van der Waals surface area contributed by atoms with Gasteiger partial charge in [-0.05, 0) is 45.8 Å². The zero-order chi connectivity index (χ0) is 17.8. The maximum Gasteiger partial charge on any atom is 0.284 e. The van der Waals surface area contributed by atoms with Crippen molar-refractivity contribution in [2.75, 3.05) is 25.6 Å². The van der Waals surface area contributed by atoms with Gasteiger partial charge in [0.15, 0.2) is 11.5 Å². The minimum absolute atomic E-state index is 0.154. The van der Waals surface area contributed by atoms with Gasteiger partial charge in [-0.15, -0.1) is 0 Å². The molecule has 0 saturated heterocycles. The second-order valence-electron chi connectivity index (χ2n) is 5.70. The summed E-state index contributed by atoms with van der Waals surface area (Å²) in [5.74, 6) is 0.844. The number of ether oxygens (including phenoxy) is 2. The number of nitrogens with zero attached hydrogens (tertiary/aromatic N) is 2. The van der Waals surface area contributed by atoms with Crippen LogP contribution in [0.25, 0.3) is 0 Å². The predicted molar refractivity (Wildman–Crippen MR) is 101 cm³/mol. The molecule has 6 nitrogen and oxygen atoms in total. The van der Waals surface area contributed by atoms with Gasteiger partial charge in [-0.1, -0.05) is 18.2 Å². The third-order valence-corrected chi connectivity index (χ3v) is 4.28. The number of halogens is 1. The van der Waals surface area contributed by atoms with E-state index in [4.69, 9.17) is 9.47 Å². The molecule has 0 unspecified atom stereocenters. The Kier molecular flexibility index (Phi) is 5.23. The Morgan fingerprint density at radius 2 is 2.04 bits per heavy atom. The number of hydrazone groups is 1. The highest BCUT2D eigenvalue weighted by Gasteiger charge is 2.26. The van der Waals surface area contributed by atoms with E-state index in [1.165, 1.54) is 0 Å². The fraction of sp³-hybridized carbons (Fsp3) is 0.222. The van der Waals surface area contributed by atoms with Crippen molar-refractivity contribution in [2.45, 2.75) is 6.10 Å². The molecule has 25 heavy (non-hydrogen) atoms. The monoisotopic (exact) mass is 403 g/mol. The van der Waals surface area contributed by atoms with E-state index in [9.17, 15) is 4.79 Å². The third kappa shape index (κ3) is 4.11. The van der Waals surface area contributed by atoms with Crippen molar-refractivity contribution in [2.24, 2.45) is 5.10 Å². The smallest absolute Gasteiger partial charge is 0.284 e. The highest BCUT2D eigenvalue weighted by Crippen LogP contribution is 2.30. The van der Waals surface area contributed by atoms with Crippen molar-refractivity contribution >= 4 is 33.7 Å². The van der Waals surface area contributed by atoms with Gasteiger partial charge in [-0.25, -0.2) is 5.43 Å². The molecule has 0 saturated carbocycles. The lowest BCUT2D eigenvalue weighted by atomic mass is 10.2. The Hall–Kier alpha value is -2.54. The first kappa shape index (κ1) is 17.3. The first-order chi connectivity index (χ1) is 12.0. The lowest BCUT2D eigenvalue weighted by Crippen LogP contribution is -2.42. The van der Waals surface area contributed by atoms with Gasteiger partial charge in [0.1, 0.15) is 6.61 Å². The summed E-state index contributed by atoms with van der Waals surface area (Å²) in [6.45, 7) is 0.154. The van der Waals surface area contributed by atoms with Gasteiger partial charge in [-0.2, -0.15) is 5.10 Å². The van der Waals surface area contributed by atoms with Crippen LogP contribution >= 0.6 is 15.9 Å². The molecule has 1 aliphatic rings. The Balaban J connectivity index is 1.59. The molecule has 0 radical (unpaired) electrons. The molecule has 7 heteroatoms. The zero-order valence-corrected chi connectivity index (χ0v) is 15.5.